The van der Waals surface area contributed by atoms with Crippen LogP contribution in [0.1, 0.15) is 11.1 Å². The number of aryl methyl sites for hydroxylation is 1. The van der Waals surface area contributed by atoms with Crippen LogP contribution < -0.4 is 16.2 Å². The van der Waals surface area contributed by atoms with E-state index in [1.807, 2.05) is 55.5 Å². The van der Waals surface area contributed by atoms with Crippen molar-refractivity contribution >= 4 is 12.2 Å². The van der Waals surface area contributed by atoms with Crippen LogP contribution >= 0.6 is 0 Å². The molecule has 0 aromatic heterocycles. The average molecular weight is 268 g/mol. The molecule has 2 rings (SSSR count). The molecule has 2 aromatic rings. The Labute approximate surface area is 117 Å². The molecule has 0 unspecified atom stereocenters. The van der Waals surface area contributed by atoms with E-state index in [9.17, 15) is 0 Å². The lowest BCUT2D eigenvalue weighted by molar-refractivity contribution is 0.482. The highest BCUT2D eigenvalue weighted by Gasteiger charge is 2.02. The van der Waals surface area contributed by atoms with Crippen LogP contribution in [0.2, 0.25) is 0 Å². The first-order valence-electron chi connectivity index (χ1n) is 6.10. The largest absolute Gasteiger partial charge is 0.457 e. The highest BCUT2D eigenvalue weighted by Crippen LogP contribution is 2.24. The molecule has 0 saturated carbocycles. The smallest absolute Gasteiger partial charge is 0.211 e. The van der Waals surface area contributed by atoms with Gasteiger partial charge in [-0.2, -0.15) is 5.10 Å². The maximum atomic E-state index is 5.82. The zero-order chi connectivity index (χ0) is 14.4. The predicted octanol–water partition coefficient (Wildman–Crippen LogP) is 2.39. The molecule has 0 saturated heterocycles. The van der Waals surface area contributed by atoms with Crippen molar-refractivity contribution in [3.05, 3.63) is 59.7 Å². The number of hydrogen-bond donors (Lipinski definition) is 2. The van der Waals surface area contributed by atoms with E-state index < -0.39 is 0 Å². The summed E-state index contributed by atoms with van der Waals surface area (Å²) in [6, 6.07) is 15.3. The summed E-state index contributed by atoms with van der Waals surface area (Å²) >= 11 is 0. The Hall–Kier alpha value is -2.82. The Morgan fingerprint density at radius 3 is 2.45 bits per heavy atom. The van der Waals surface area contributed by atoms with Crippen LogP contribution in [0, 0.1) is 6.92 Å². The second kappa shape index (κ2) is 6.38. The minimum atomic E-state index is -0.0850. The lowest BCUT2D eigenvalue weighted by Crippen LogP contribution is -2.21. The van der Waals surface area contributed by atoms with Gasteiger partial charge in [0, 0.05) is 5.56 Å². The minimum Gasteiger partial charge on any atom is -0.457 e. The van der Waals surface area contributed by atoms with Gasteiger partial charge in [0.25, 0.3) is 0 Å². The summed E-state index contributed by atoms with van der Waals surface area (Å²) in [5.41, 5.74) is 12.4. The number of nitrogens with two attached hydrogens (primary N) is 2. The van der Waals surface area contributed by atoms with Gasteiger partial charge in [-0.15, -0.1) is 5.10 Å². The highest BCUT2D eigenvalue weighted by molar-refractivity contribution is 5.84. The Bertz CT molecular complexity index is 629. The summed E-state index contributed by atoms with van der Waals surface area (Å²) in [7, 11) is 0. The van der Waals surface area contributed by atoms with Crippen molar-refractivity contribution in [2.24, 2.45) is 21.7 Å². The molecule has 2 aromatic carbocycles. The molecule has 4 N–H and O–H groups in total. The second-order valence-corrected chi connectivity index (χ2v) is 4.22. The van der Waals surface area contributed by atoms with Gasteiger partial charge in [-0.05, 0) is 31.2 Å². The molecular formula is C15H16N4O. The monoisotopic (exact) mass is 268 g/mol. The van der Waals surface area contributed by atoms with Crippen molar-refractivity contribution in [1.82, 2.24) is 0 Å². The van der Waals surface area contributed by atoms with Gasteiger partial charge < -0.3 is 16.2 Å². The molecule has 0 heterocycles. The van der Waals surface area contributed by atoms with E-state index in [2.05, 4.69) is 10.2 Å². The molecule has 0 aliphatic heterocycles. The van der Waals surface area contributed by atoms with Gasteiger partial charge in [-0.1, -0.05) is 29.8 Å². The Morgan fingerprint density at radius 1 is 1.05 bits per heavy atom. The van der Waals surface area contributed by atoms with Gasteiger partial charge in [-0.25, -0.2) is 0 Å². The van der Waals surface area contributed by atoms with Gasteiger partial charge in [-0.3, -0.25) is 0 Å². The fourth-order valence-corrected chi connectivity index (χ4v) is 1.57. The van der Waals surface area contributed by atoms with Crippen molar-refractivity contribution in [2.75, 3.05) is 0 Å². The number of nitrogens with zero attached hydrogens (tertiary/aromatic N) is 2. The maximum Gasteiger partial charge on any atom is 0.211 e. The molecular weight excluding hydrogens is 252 g/mol. The number of para-hydroxylation sites is 1. The van der Waals surface area contributed by atoms with Crippen molar-refractivity contribution in [3.63, 3.8) is 0 Å². The quantitative estimate of drug-likeness (QED) is 0.507. The average Bonchev–Trinajstić information content (AvgIpc) is 2.43. The maximum absolute atomic E-state index is 5.82. The van der Waals surface area contributed by atoms with Crippen LogP contribution in [-0.2, 0) is 0 Å². The Balaban J connectivity index is 2.21. The SMILES string of the molecule is Cc1ccc(Oc2ccccc2C=NN=C(N)N)cc1. The highest BCUT2D eigenvalue weighted by atomic mass is 16.5. The van der Waals surface area contributed by atoms with E-state index in [0.717, 1.165) is 11.3 Å². The van der Waals surface area contributed by atoms with Gasteiger partial charge in [0.2, 0.25) is 5.96 Å². The van der Waals surface area contributed by atoms with E-state index in [-0.39, 0.29) is 5.96 Å². The zero-order valence-electron chi connectivity index (χ0n) is 11.2. The van der Waals surface area contributed by atoms with Gasteiger partial charge in [0.05, 0.1) is 6.21 Å². The number of ether oxygens (including phenoxy) is 1. The molecule has 0 amide bonds. The molecule has 5 heteroatoms. The lowest BCUT2D eigenvalue weighted by Gasteiger charge is -2.08. The summed E-state index contributed by atoms with van der Waals surface area (Å²) in [6.45, 7) is 2.03. The summed E-state index contributed by atoms with van der Waals surface area (Å²) in [5.74, 6) is 1.36. The number of hydrogen-bond acceptors (Lipinski definition) is 3. The summed E-state index contributed by atoms with van der Waals surface area (Å²) < 4.78 is 5.82. The van der Waals surface area contributed by atoms with E-state index >= 15 is 0 Å². The van der Waals surface area contributed by atoms with E-state index in [0.29, 0.717) is 5.75 Å². The van der Waals surface area contributed by atoms with Crippen LogP contribution in [0.3, 0.4) is 0 Å². The molecule has 0 radical (unpaired) electrons. The predicted molar refractivity (Wildman–Crippen MR) is 81.1 cm³/mol. The molecule has 0 atom stereocenters. The first-order chi connectivity index (χ1) is 9.65. The van der Waals surface area contributed by atoms with Crippen LogP contribution in [0.4, 0.5) is 0 Å². The van der Waals surface area contributed by atoms with Crippen molar-refractivity contribution in [2.45, 2.75) is 6.92 Å². The van der Waals surface area contributed by atoms with Crippen LogP contribution in [0.15, 0.2) is 58.7 Å². The fourth-order valence-electron chi connectivity index (χ4n) is 1.57. The lowest BCUT2D eigenvalue weighted by atomic mass is 10.2. The number of benzene rings is 2. The first-order valence-corrected chi connectivity index (χ1v) is 6.10. The standard InChI is InChI=1S/C15H16N4O/c1-11-6-8-13(9-7-11)20-14-5-3-2-4-12(14)10-18-19-15(16)17/h2-10H,1H3,(H4,16,17,19). The van der Waals surface area contributed by atoms with Gasteiger partial charge >= 0.3 is 0 Å². The summed E-state index contributed by atoms with van der Waals surface area (Å²) in [6.07, 6.45) is 1.54. The van der Waals surface area contributed by atoms with Crippen LogP contribution in [0.25, 0.3) is 0 Å². The summed E-state index contributed by atoms with van der Waals surface area (Å²) in [5, 5.41) is 7.36. The normalized spacial score (nSPS) is 10.4. The van der Waals surface area contributed by atoms with E-state index in [4.69, 9.17) is 16.2 Å². The first kappa shape index (κ1) is 13.6. The molecule has 0 bridgehead atoms. The minimum absolute atomic E-state index is 0.0850. The summed E-state index contributed by atoms with van der Waals surface area (Å²) in [4.78, 5) is 0. The number of guanidine groups is 1. The molecule has 102 valence electrons. The Kier molecular flexibility index (Phi) is 4.34. The van der Waals surface area contributed by atoms with Gasteiger partial charge in [0.1, 0.15) is 11.5 Å². The Morgan fingerprint density at radius 2 is 1.75 bits per heavy atom. The fraction of sp³-hybridized carbons (Fsp3) is 0.0667. The van der Waals surface area contributed by atoms with E-state index in [1.54, 1.807) is 6.21 Å². The molecule has 0 fully saturated rings. The van der Waals surface area contributed by atoms with Crippen molar-refractivity contribution in [3.8, 4) is 11.5 Å². The van der Waals surface area contributed by atoms with Crippen LogP contribution in [-0.4, -0.2) is 12.2 Å². The molecule has 0 spiro atoms. The number of rotatable bonds is 4. The van der Waals surface area contributed by atoms with E-state index in [1.165, 1.54) is 5.56 Å². The third kappa shape index (κ3) is 3.84. The molecule has 20 heavy (non-hydrogen) atoms. The molecule has 0 aliphatic carbocycles. The third-order valence-electron chi connectivity index (χ3n) is 2.54. The van der Waals surface area contributed by atoms with Crippen molar-refractivity contribution < 1.29 is 4.74 Å². The molecule has 5 nitrogen and oxygen atoms in total. The second-order valence-electron chi connectivity index (χ2n) is 4.22. The van der Waals surface area contributed by atoms with Gasteiger partial charge in [0.15, 0.2) is 0 Å². The zero-order valence-corrected chi connectivity index (χ0v) is 11.2. The topological polar surface area (TPSA) is 86.0 Å². The molecule has 0 aliphatic rings. The van der Waals surface area contributed by atoms with Crippen molar-refractivity contribution in [1.29, 1.82) is 0 Å². The third-order valence-corrected chi connectivity index (χ3v) is 2.54. The van der Waals surface area contributed by atoms with Crippen LogP contribution in [0.5, 0.6) is 11.5 Å².